The van der Waals surface area contributed by atoms with Gasteiger partial charge in [-0.1, -0.05) is 152 Å². The van der Waals surface area contributed by atoms with Crippen LogP contribution in [0.4, 0.5) is 0 Å². The number of hydrogen-bond donors (Lipinski definition) is 0. The van der Waals surface area contributed by atoms with Gasteiger partial charge in [0, 0.05) is 10.8 Å². The molecular weight excluding hydrogens is 593 g/mol. The van der Waals surface area contributed by atoms with E-state index in [2.05, 4.69) is 121 Å². The zero-order chi connectivity index (χ0) is 36.7. The first-order chi connectivity index (χ1) is 26.4. The minimum absolute atomic E-state index is 0.193. The molecule has 0 N–H and O–H groups in total. The molecule has 0 aliphatic carbocycles. The largest absolute Gasteiger partial charge is 0.456 e. The minimum atomic E-state index is -0.398. The van der Waals surface area contributed by atoms with E-state index >= 15 is 0 Å². The molecular formula is C48H30O. The van der Waals surface area contributed by atoms with Crippen LogP contribution in [-0.4, -0.2) is 0 Å². The van der Waals surface area contributed by atoms with Gasteiger partial charge < -0.3 is 4.42 Å². The van der Waals surface area contributed by atoms with Crippen LogP contribution in [0.5, 0.6) is 0 Å². The van der Waals surface area contributed by atoms with Crippen molar-refractivity contribution in [3.05, 3.63) is 182 Å². The molecule has 0 unspecified atom stereocenters. The maximum atomic E-state index is 8.64. The van der Waals surface area contributed by atoms with E-state index in [1.165, 1.54) is 5.39 Å². The van der Waals surface area contributed by atoms with Crippen molar-refractivity contribution in [3.8, 4) is 44.5 Å². The number of benzene rings is 9. The monoisotopic (exact) mass is 627 g/mol. The maximum Gasteiger partial charge on any atom is 0.136 e. The Labute approximate surface area is 291 Å². The maximum absolute atomic E-state index is 8.64. The zero-order valence-corrected chi connectivity index (χ0v) is 26.3. The Balaban J connectivity index is 1.19. The van der Waals surface area contributed by atoms with Crippen molar-refractivity contribution in [2.24, 2.45) is 0 Å². The molecule has 228 valence electrons. The SMILES string of the molecule is [2H]c1c([2H])c([2H])c(-c2cccc(-c3c4ccccc4c(-c4cccc(-c5cccc6oc7cc8ccccc8cc7c56)c4)c4ccccc34)c2)c([2H])c1[2H]. The average molecular weight is 628 g/mol. The number of fused-ring (bicyclic) bond motifs is 6. The molecule has 0 saturated heterocycles. The third kappa shape index (κ3) is 4.47. The molecule has 9 aromatic carbocycles. The molecule has 1 heteroatoms. The standard InChI is InChI=1S/C48H30O/c1-2-13-31(14-3-1)32-17-10-19-36(27-32)46-39-21-6-8-23-41(39)47(42-24-9-7-22-40(42)46)37-20-11-18-35(28-37)38-25-12-26-44-48(38)43-29-33-15-4-5-16-34(33)30-45(43)49-44/h1-30H/i1D,2D,3D,13D,14D. The highest BCUT2D eigenvalue weighted by atomic mass is 16.3. The summed E-state index contributed by atoms with van der Waals surface area (Å²) in [6.45, 7) is 0. The van der Waals surface area contributed by atoms with Gasteiger partial charge >= 0.3 is 0 Å². The summed E-state index contributed by atoms with van der Waals surface area (Å²) in [5, 5.41) is 8.82. The van der Waals surface area contributed by atoms with Crippen LogP contribution in [-0.2, 0) is 0 Å². The summed E-state index contributed by atoms with van der Waals surface area (Å²) in [6, 6.07) is 50.8. The molecule has 1 heterocycles. The highest BCUT2D eigenvalue weighted by Crippen LogP contribution is 2.45. The number of hydrogen-bond acceptors (Lipinski definition) is 1. The molecule has 10 rings (SSSR count). The molecule has 0 radical (unpaired) electrons. The van der Waals surface area contributed by atoms with Gasteiger partial charge in [0.15, 0.2) is 0 Å². The summed E-state index contributed by atoms with van der Waals surface area (Å²) < 4.78 is 48.4. The summed E-state index contributed by atoms with van der Waals surface area (Å²) in [4.78, 5) is 0. The number of rotatable bonds is 4. The quantitative estimate of drug-likeness (QED) is 0.177. The van der Waals surface area contributed by atoms with Crippen molar-refractivity contribution in [1.29, 1.82) is 0 Å². The second kappa shape index (κ2) is 11.1. The van der Waals surface area contributed by atoms with Crippen molar-refractivity contribution in [3.63, 3.8) is 0 Å². The molecule has 0 bridgehead atoms. The Kier molecular flexibility index (Phi) is 5.20. The van der Waals surface area contributed by atoms with E-state index in [9.17, 15) is 0 Å². The predicted molar refractivity (Wildman–Crippen MR) is 208 cm³/mol. The van der Waals surface area contributed by atoms with Crippen LogP contribution >= 0.6 is 0 Å². The predicted octanol–water partition coefficient (Wildman–Crippen LogP) is 13.7. The Morgan fingerprint density at radius 1 is 0.367 bits per heavy atom. The average Bonchev–Trinajstić information content (AvgIpc) is 3.58. The molecule has 1 aromatic heterocycles. The molecule has 0 aliphatic rings. The van der Waals surface area contributed by atoms with Crippen LogP contribution in [0.15, 0.2) is 186 Å². The van der Waals surface area contributed by atoms with Gasteiger partial charge in [-0.05, 0) is 107 Å². The van der Waals surface area contributed by atoms with Crippen molar-refractivity contribution >= 4 is 54.3 Å². The zero-order valence-electron chi connectivity index (χ0n) is 31.3. The second-order valence-electron chi connectivity index (χ2n) is 12.5. The van der Waals surface area contributed by atoms with Crippen molar-refractivity contribution < 1.29 is 11.3 Å². The molecule has 0 amide bonds. The molecule has 1 nitrogen and oxygen atoms in total. The van der Waals surface area contributed by atoms with Gasteiger partial charge in [0.2, 0.25) is 0 Å². The van der Waals surface area contributed by atoms with Crippen LogP contribution in [0.1, 0.15) is 6.85 Å². The summed E-state index contributed by atoms with van der Waals surface area (Å²) in [5.41, 5.74) is 8.84. The van der Waals surface area contributed by atoms with Crippen LogP contribution in [0, 0.1) is 0 Å². The Morgan fingerprint density at radius 2 is 0.898 bits per heavy atom. The molecule has 10 aromatic rings. The van der Waals surface area contributed by atoms with E-state index < -0.39 is 6.04 Å². The first kappa shape index (κ1) is 23.0. The molecule has 0 fully saturated rings. The fraction of sp³-hybridized carbons (Fsp3) is 0. The van der Waals surface area contributed by atoms with E-state index in [4.69, 9.17) is 11.3 Å². The van der Waals surface area contributed by atoms with E-state index in [1.54, 1.807) is 0 Å². The fourth-order valence-corrected chi connectivity index (χ4v) is 7.57. The smallest absolute Gasteiger partial charge is 0.136 e. The summed E-state index contributed by atoms with van der Waals surface area (Å²) in [5.74, 6) is 0. The lowest BCUT2D eigenvalue weighted by Crippen LogP contribution is -1.91. The Hall–Kier alpha value is -6.44. The first-order valence-corrected chi connectivity index (χ1v) is 16.4. The van der Waals surface area contributed by atoms with Crippen LogP contribution in [0.2, 0.25) is 0 Å². The van der Waals surface area contributed by atoms with Crippen molar-refractivity contribution in [2.75, 3.05) is 0 Å². The van der Waals surface area contributed by atoms with Gasteiger partial charge in [0.1, 0.15) is 11.2 Å². The second-order valence-corrected chi connectivity index (χ2v) is 12.5. The normalized spacial score (nSPS) is 13.1. The van der Waals surface area contributed by atoms with E-state index in [-0.39, 0.29) is 29.7 Å². The molecule has 0 aliphatic heterocycles. The lowest BCUT2D eigenvalue weighted by atomic mass is 9.85. The van der Waals surface area contributed by atoms with Gasteiger partial charge in [-0.2, -0.15) is 0 Å². The lowest BCUT2D eigenvalue weighted by Gasteiger charge is -2.18. The Morgan fingerprint density at radius 3 is 1.55 bits per heavy atom. The molecule has 0 spiro atoms. The van der Waals surface area contributed by atoms with Gasteiger partial charge in [0.05, 0.1) is 6.85 Å². The Bertz CT molecular complexity index is 3090. The van der Waals surface area contributed by atoms with Crippen LogP contribution < -0.4 is 0 Å². The number of furan rings is 1. The van der Waals surface area contributed by atoms with Crippen LogP contribution in [0.3, 0.4) is 0 Å². The summed E-state index contributed by atoms with van der Waals surface area (Å²) >= 11 is 0. The topological polar surface area (TPSA) is 13.1 Å². The van der Waals surface area contributed by atoms with Crippen LogP contribution in [0.25, 0.3) is 98.8 Å². The van der Waals surface area contributed by atoms with E-state index in [1.807, 2.05) is 30.3 Å². The fourth-order valence-electron chi connectivity index (χ4n) is 7.57. The first-order valence-electron chi connectivity index (χ1n) is 18.9. The molecule has 49 heavy (non-hydrogen) atoms. The van der Waals surface area contributed by atoms with Gasteiger partial charge in [0.25, 0.3) is 0 Å². The third-order valence-electron chi connectivity index (χ3n) is 9.70. The summed E-state index contributed by atoms with van der Waals surface area (Å²) in [7, 11) is 0. The van der Waals surface area contributed by atoms with E-state index in [0.717, 1.165) is 82.3 Å². The van der Waals surface area contributed by atoms with Crippen molar-refractivity contribution in [1.82, 2.24) is 0 Å². The summed E-state index contributed by atoms with van der Waals surface area (Å²) in [6.07, 6.45) is 0. The third-order valence-corrected chi connectivity index (χ3v) is 9.70. The highest BCUT2D eigenvalue weighted by molar-refractivity contribution is 6.22. The van der Waals surface area contributed by atoms with Gasteiger partial charge in [-0.25, -0.2) is 0 Å². The van der Waals surface area contributed by atoms with Gasteiger partial charge in [-0.3, -0.25) is 0 Å². The van der Waals surface area contributed by atoms with E-state index in [0.29, 0.717) is 5.56 Å². The van der Waals surface area contributed by atoms with Crippen molar-refractivity contribution in [2.45, 2.75) is 0 Å². The molecule has 0 atom stereocenters. The highest BCUT2D eigenvalue weighted by Gasteiger charge is 2.18. The lowest BCUT2D eigenvalue weighted by molar-refractivity contribution is 0.669. The van der Waals surface area contributed by atoms with Gasteiger partial charge in [-0.15, -0.1) is 0 Å². The minimum Gasteiger partial charge on any atom is -0.456 e. The molecule has 0 saturated carbocycles.